The number of aromatic amines is 1. The lowest BCUT2D eigenvalue weighted by Crippen LogP contribution is -2.13. The lowest BCUT2D eigenvalue weighted by molar-refractivity contribution is -0.131. The minimum absolute atomic E-state index is 0.0507. The van der Waals surface area contributed by atoms with Crippen LogP contribution in [0.25, 0.3) is 12.2 Å². The molecule has 294 valence electrons. The molecule has 0 saturated carbocycles. The van der Waals surface area contributed by atoms with Gasteiger partial charge in [-0.3, -0.25) is 24.7 Å². The standard InChI is InChI=1S/C19H18N4O5S3.C17H17NO6S/c1-27-15-9-6-13(11-16(15)28-2)23-31(25,26)14-7-3-12(4-8-14)5-10-17(24)20-18-21-22-19(29)30-18;1-23-15-9-6-13(11-16(15)24-2)18-25(21,22)14-7-3-12(4-8-14)5-10-17(19)20/h3-11,23H,1-2H3,(H,22,29)(H,20,21,24);3-11,18H,1-2H3,(H,19,20)/b2*10-5+. The second-order valence-corrected chi connectivity index (χ2v) is 15.9. The van der Waals surface area contributed by atoms with Crippen LogP contribution in [0.2, 0.25) is 0 Å². The number of hydrogen-bond donors (Lipinski definition) is 5. The summed E-state index contributed by atoms with van der Waals surface area (Å²) in [7, 11) is -1.70. The van der Waals surface area contributed by atoms with Crippen molar-refractivity contribution in [3.63, 3.8) is 0 Å². The number of carbonyl (C=O) groups excluding carboxylic acids is 1. The van der Waals surface area contributed by atoms with Gasteiger partial charge in [-0.2, -0.15) is 0 Å². The van der Waals surface area contributed by atoms with Gasteiger partial charge < -0.3 is 24.1 Å². The van der Waals surface area contributed by atoms with Crippen LogP contribution in [0.5, 0.6) is 23.0 Å². The van der Waals surface area contributed by atoms with E-state index in [9.17, 15) is 26.4 Å². The molecule has 16 nitrogen and oxygen atoms in total. The number of carboxylic acid groups (broad SMARTS) is 1. The number of nitrogens with one attached hydrogen (secondary N) is 4. The Hall–Kier alpha value is -6.22. The molecule has 1 heterocycles. The maximum Gasteiger partial charge on any atom is 0.328 e. The van der Waals surface area contributed by atoms with Gasteiger partial charge in [0.25, 0.3) is 20.0 Å². The summed E-state index contributed by atoms with van der Waals surface area (Å²) in [6.45, 7) is 0. The lowest BCUT2D eigenvalue weighted by Gasteiger charge is -2.12. The van der Waals surface area contributed by atoms with Crippen LogP contribution in [0.4, 0.5) is 16.5 Å². The molecule has 1 amide bonds. The molecule has 5 rings (SSSR count). The van der Waals surface area contributed by atoms with Crippen molar-refractivity contribution in [1.29, 1.82) is 0 Å². The molecule has 0 fully saturated rings. The van der Waals surface area contributed by atoms with E-state index in [1.165, 1.54) is 89.1 Å². The van der Waals surface area contributed by atoms with Gasteiger partial charge >= 0.3 is 5.97 Å². The first kappa shape index (κ1) is 42.5. The summed E-state index contributed by atoms with van der Waals surface area (Å²) < 4.78 is 76.2. The molecule has 1 aromatic heterocycles. The quantitative estimate of drug-likeness (QED) is 0.0580. The number of nitrogens with zero attached hydrogens (tertiary/aromatic N) is 1. The maximum atomic E-state index is 12.7. The van der Waals surface area contributed by atoms with E-state index in [1.54, 1.807) is 42.5 Å². The van der Waals surface area contributed by atoms with E-state index < -0.39 is 26.0 Å². The third-order valence-corrected chi connectivity index (χ3v) is 11.0. The first-order valence-electron chi connectivity index (χ1n) is 15.8. The van der Waals surface area contributed by atoms with Gasteiger partial charge in [0.2, 0.25) is 11.0 Å². The number of H-pyrrole nitrogens is 1. The van der Waals surface area contributed by atoms with Crippen LogP contribution in [-0.2, 0) is 29.6 Å². The number of rotatable bonds is 15. The SMILES string of the molecule is COc1ccc(NS(=O)(=O)c2ccc(/C=C/C(=O)Nc3n[nH]c(=S)s3)cc2)cc1OC.COc1ccc(NS(=O)(=O)c2ccc(/C=C/C(=O)O)cc2)cc1OC. The maximum absolute atomic E-state index is 12.7. The fourth-order valence-corrected chi connectivity index (χ4v) is 7.40. The fraction of sp³-hybridized carbons (Fsp3) is 0.111. The second kappa shape index (κ2) is 19.4. The molecule has 4 aromatic carbocycles. The molecule has 0 saturated heterocycles. The summed E-state index contributed by atoms with van der Waals surface area (Å²) in [6, 6.07) is 21.3. The third-order valence-electron chi connectivity index (χ3n) is 7.17. The van der Waals surface area contributed by atoms with Gasteiger partial charge in [0, 0.05) is 24.3 Å². The van der Waals surface area contributed by atoms with Gasteiger partial charge in [0.1, 0.15) is 0 Å². The highest BCUT2D eigenvalue weighted by molar-refractivity contribution is 7.93. The van der Waals surface area contributed by atoms with Gasteiger partial charge in [-0.1, -0.05) is 35.6 Å². The van der Waals surface area contributed by atoms with Crippen molar-refractivity contribution >= 4 is 84.1 Å². The summed E-state index contributed by atoms with van der Waals surface area (Å²) in [5.41, 5.74) is 1.88. The Labute approximate surface area is 331 Å². The molecule has 56 heavy (non-hydrogen) atoms. The van der Waals surface area contributed by atoms with Crippen molar-refractivity contribution in [3.05, 3.63) is 112 Å². The Morgan fingerprint density at radius 2 is 1.11 bits per heavy atom. The smallest absolute Gasteiger partial charge is 0.328 e. The van der Waals surface area contributed by atoms with Crippen LogP contribution in [0, 0.1) is 3.95 Å². The van der Waals surface area contributed by atoms with Crippen molar-refractivity contribution in [3.8, 4) is 23.0 Å². The molecule has 0 aliphatic rings. The molecule has 0 atom stereocenters. The van der Waals surface area contributed by atoms with Crippen LogP contribution >= 0.6 is 23.6 Å². The first-order valence-corrected chi connectivity index (χ1v) is 20.0. The molecular formula is C36H35N5O11S4. The van der Waals surface area contributed by atoms with Gasteiger partial charge in [0.15, 0.2) is 27.0 Å². The van der Waals surface area contributed by atoms with Crippen LogP contribution < -0.4 is 33.7 Å². The van der Waals surface area contributed by atoms with Crippen molar-refractivity contribution in [1.82, 2.24) is 10.2 Å². The highest BCUT2D eigenvalue weighted by Crippen LogP contribution is 2.32. The Bertz CT molecular complexity index is 2500. The topological polar surface area (TPSA) is 224 Å². The van der Waals surface area contributed by atoms with E-state index in [0.29, 0.717) is 54.6 Å². The second-order valence-electron chi connectivity index (χ2n) is 10.9. The molecule has 0 spiro atoms. The predicted octanol–water partition coefficient (Wildman–Crippen LogP) is 6.27. The predicted molar refractivity (Wildman–Crippen MR) is 215 cm³/mol. The summed E-state index contributed by atoms with van der Waals surface area (Å²) in [4.78, 5) is 22.5. The van der Waals surface area contributed by atoms with Crippen molar-refractivity contribution in [2.24, 2.45) is 0 Å². The number of amides is 1. The average Bonchev–Trinajstić information content (AvgIpc) is 3.60. The van der Waals surface area contributed by atoms with E-state index in [1.807, 2.05) is 0 Å². The lowest BCUT2D eigenvalue weighted by atomic mass is 10.2. The molecule has 0 bridgehead atoms. The molecule has 0 radical (unpaired) electrons. The Morgan fingerprint density at radius 1 is 0.679 bits per heavy atom. The number of benzene rings is 4. The molecule has 20 heteroatoms. The number of anilines is 3. The number of methoxy groups -OCH3 is 4. The summed E-state index contributed by atoms with van der Waals surface area (Å²) in [5, 5.41) is 17.9. The van der Waals surface area contributed by atoms with E-state index in [2.05, 4.69) is 25.0 Å². The number of aromatic nitrogens is 2. The molecular weight excluding hydrogens is 807 g/mol. The number of carbonyl (C=O) groups is 2. The van der Waals surface area contributed by atoms with Crippen molar-refractivity contribution in [2.75, 3.05) is 43.2 Å². The van der Waals surface area contributed by atoms with E-state index in [-0.39, 0.29) is 15.7 Å². The van der Waals surface area contributed by atoms with Crippen LogP contribution in [0.1, 0.15) is 11.1 Å². The highest BCUT2D eigenvalue weighted by Gasteiger charge is 2.17. The van der Waals surface area contributed by atoms with Crippen molar-refractivity contribution < 1.29 is 50.5 Å². The highest BCUT2D eigenvalue weighted by atomic mass is 32.2. The van der Waals surface area contributed by atoms with E-state index in [4.69, 9.17) is 36.3 Å². The molecule has 0 aliphatic carbocycles. The number of sulfonamides is 2. The zero-order valence-corrected chi connectivity index (χ0v) is 33.3. The van der Waals surface area contributed by atoms with Gasteiger partial charge in [-0.05, 0) is 84.0 Å². The minimum atomic E-state index is -3.81. The number of ether oxygens (including phenoxy) is 4. The van der Waals surface area contributed by atoms with E-state index in [0.717, 1.165) is 17.4 Å². The Kier molecular flexibility index (Phi) is 14.7. The van der Waals surface area contributed by atoms with Gasteiger partial charge in [-0.25, -0.2) is 21.6 Å². The zero-order valence-electron chi connectivity index (χ0n) is 30.0. The summed E-state index contributed by atoms with van der Waals surface area (Å²) >= 11 is 6.04. The Balaban J connectivity index is 0.000000255. The largest absolute Gasteiger partial charge is 0.493 e. The number of hydrogen-bond acceptors (Lipinski definition) is 13. The normalized spacial score (nSPS) is 11.3. The first-order chi connectivity index (χ1) is 26.7. The van der Waals surface area contributed by atoms with Crippen molar-refractivity contribution in [2.45, 2.75) is 9.79 Å². The number of aliphatic carboxylic acids is 1. The summed E-state index contributed by atoms with van der Waals surface area (Å²) in [6.07, 6.45) is 5.22. The zero-order chi connectivity index (χ0) is 40.9. The van der Waals surface area contributed by atoms with Gasteiger partial charge in [0.05, 0.1) is 49.6 Å². The molecule has 5 N–H and O–H groups in total. The monoisotopic (exact) mass is 841 g/mol. The third kappa shape index (κ3) is 12.1. The Morgan fingerprint density at radius 3 is 1.48 bits per heavy atom. The van der Waals surface area contributed by atoms with Crippen LogP contribution in [0.3, 0.4) is 0 Å². The summed E-state index contributed by atoms with van der Waals surface area (Å²) in [5.74, 6) is 0.317. The number of carboxylic acids is 1. The molecule has 0 aliphatic heterocycles. The fourth-order valence-electron chi connectivity index (χ4n) is 4.51. The molecule has 0 unspecified atom stereocenters. The van der Waals surface area contributed by atoms with Gasteiger partial charge in [-0.15, -0.1) is 5.10 Å². The van der Waals surface area contributed by atoms with Crippen LogP contribution in [0.15, 0.2) is 107 Å². The van der Waals surface area contributed by atoms with Crippen LogP contribution in [-0.4, -0.2) is 72.5 Å². The van der Waals surface area contributed by atoms with E-state index >= 15 is 0 Å². The average molecular weight is 842 g/mol. The molecule has 5 aromatic rings. The minimum Gasteiger partial charge on any atom is -0.493 e.